The molecule has 0 amide bonds. The van der Waals surface area contributed by atoms with Crippen LogP contribution in [0.3, 0.4) is 0 Å². The van der Waals surface area contributed by atoms with E-state index in [2.05, 4.69) is 4.98 Å². The summed E-state index contributed by atoms with van der Waals surface area (Å²) in [6.45, 7) is 1.71. The molecule has 0 spiro atoms. The van der Waals surface area contributed by atoms with Crippen LogP contribution in [0.5, 0.6) is 5.88 Å². The van der Waals surface area contributed by atoms with E-state index in [0.29, 0.717) is 16.6 Å². The van der Waals surface area contributed by atoms with Crippen LogP contribution in [0, 0.1) is 5.82 Å². The molecule has 0 bridgehead atoms. The molecule has 0 aliphatic heterocycles. The molecule has 5 nitrogen and oxygen atoms in total. The molecule has 0 saturated carbocycles. The minimum Gasteiger partial charge on any atom is -0.480 e. The number of hydrogen-bond acceptors (Lipinski definition) is 5. The van der Waals surface area contributed by atoms with Crippen molar-refractivity contribution in [1.29, 1.82) is 0 Å². The highest BCUT2D eigenvalue weighted by molar-refractivity contribution is 6.41. The van der Waals surface area contributed by atoms with Crippen molar-refractivity contribution in [2.45, 2.75) is 6.92 Å². The average molecular weight is 353 g/mol. The number of ether oxygens (including phenoxy) is 2. The number of methoxy groups -OCH3 is 1. The predicted molar refractivity (Wildman–Crippen MR) is 94.7 cm³/mol. The normalized spacial score (nSPS) is 10.6. The summed E-state index contributed by atoms with van der Waals surface area (Å²) in [6.07, 6.45) is 0. The van der Waals surface area contributed by atoms with Gasteiger partial charge >= 0.3 is 5.97 Å². The molecule has 0 aliphatic carbocycles. The first kappa shape index (κ1) is 17.5. The third-order valence-corrected chi connectivity index (χ3v) is 3.88. The molecule has 0 unspecified atom stereocenters. The molecule has 0 atom stereocenters. The smallest absolute Gasteiger partial charge is 0.379 e. The van der Waals surface area contributed by atoms with Gasteiger partial charge in [0.1, 0.15) is 5.82 Å². The fourth-order valence-corrected chi connectivity index (χ4v) is 2.63. The Morgan fingerprint density at radius 2 is 1.92 bits per heavy atom. The van der Waals surface area contributed by atoms with Crippen molar-refractivity contribution < 1.29 is 23.5 Å². The van der Waals surface area contributed by atoms with E-state index in [1.54, 1.807) is 37.3 Å². The second-order valence-electron chi connectivity index (χ2n) is 5.48. The third kappa shape index (κ3) is 3.26. The van der Waals surface area contributed by atoms with Gasteiger partial charge in [-0.15, -0.1) is 0 Å². The summed E-state index contributed by atoms with van der Waals surface area (Å²) >= 11 is 0. The van der Waals surface area contributed by atoms with E-state index in [-0.39, 0.29) is 23.9 Å². The molecule has 2 aromatic carbocycles. The summed E-state index contributed by atoms with van der Waals surface area (Å²) in [5.74, 6) is -2.11. The van der Waals surface area contributed by atoms with Crippen molar-refractivity contribution in [3.63, 3.8) is 0 Å². The predicted octanol–water partition coefficient (Wildman–Crippen LogP) is 3.80. The molecule has 26 heavy (non-hydrogen) atoms. The van der Waals surface area contributed by atoms with Crippen molar-refractivity contribution in [2.24, 2.45) is 0 Å². The van der Waals surface area contributed by atoms with Gasteiger partial charge < -0.3 is 9.47 Å². The Morgan fingerprint density at radius 1 is 1.12 bits per heavy atom. The number of esters is 1. The Bertz CT molecular complexity index is 1000. The number of pyridine rings is 1. The van der Waals surface area contributed by atoms with Gasteiger partial charge in [0.2, 0.25) is 5.88 Å². The molecule has 3 aromatic rings. The second-order valence-corrected chi connectivity index (χ2v) is 5.48. The Labute approximate surface area is 149 Å². The zero-order chi connectivity index (χ0) is 18.7. The van der Waals surface area contributed by atoms with Gasteiger partial charge in [-0.2, -0.15) is 0 Å². The van der Waals surface area contributed by atoms with Crippen molar-refractivity contribution in [2.75, 3.05) is 13.7 Å². The molecule has 1 heterocycles. The van der Waals surface area contributed by atoms with Crippen molar-refractivity contribution >= 4 is 22.5 Å². The first-order valence-electron chi connectivity index (χ1n) is 8.00. The number of nitrogens with zero attached hydrogens (tertiary/aromatic N) is 1. The van der Waals surface area contributed by atoms with Gasteiger partial charge in [0.15, 0.2) is 0 Å². The summed E-state index contributed by atoms with van der Waals surface area (Å²) < 4.78 is 23.9. The quantitative estimate of drug-likeness (QED) is 0.397. The number of rotatable bonds is 5. The topological polar surface area (TPSA) is 65.5 Å². The van der Waals surface area contributed by atoms with Gasteiger partial charge in [0.25, 0.3) is 5.78 Å². The molecule has 0 radical (unpaired) electrons. The lowest BCUT2D eigenvalue weighted by atomic mass is 10.0. The summed E-state index contributed by atoms with van der Waals surface area (Å²) in [5, 5.41) is 1.24. The van der Waals surface area contributed by atoms with Crippen molar-refractivity contribution in [1.82, 2.24) is 4.98 Å². The highest BCUT2D eigenvalue weighted by atomic mass is 19.1. The van der Waals surface area contributed by atoms with Gasteiger partial charge in [-0.05, 0) is 36.6 Å². The van der Waals surface area contributed by atoms with E-state index in [1.807, 2.05) is 6.07 Å². The van der Waals surface area contributed by atoms with Gasteiger partial charge in [-0.1, -0.05) is 24.3 Å². The van der Waals surface area contributed by atoms with E-state index in [4.69, 9.17) is 9.47 Å². The Balaban J connectivity index is 2.03. The monoisotopic (exact) mass is 353 g/mol. The van der Waals surface area contributed by atoms with Gasteiger partial charge in [0, 0.05) is 10.9 Å². The fourth-order valence-electron chi connectivity index (χ4n) is 2.63. The zero-order valence-corrected chi connectivity index (χ0v) is 14.3. The van der Waals surface area contributed by atoms with Gasteiger partial charge in [-0.25, -0.2) is 14.2 Å². The van der Waals surface area contributed by atoms with Gasteiger partial charge in [-0.3, -0.25) is 4.79 Å². The Kier molecular flexibility index (Phi) is 4.93. The zero-order valence-electron chi connectivity index (χ0n) is 14.3. The molecule has 0 aliphatic rings. The van der Waals surface area contributed by atoms with Crippen LogP contribution in [-0.4, -0.2) is 30.5 Å². The number of Topliss-reactive ketones (excluding diaryl/α,β-unsaturated/α-hetero) is 1. The van der Waals surface area contributed by atoms with Crippen LogP contribution in [0.2, 0.25) is 0 Å². The van der Waals surface area contributed by atoms with Crippen LogP contribution in [0.15, 0.2) is 48.5 Å². The molecular weight excluding hydrogens is 337 g/mol. The Morgan fingerprint density at radius 3 is 2.65 bits per heavy atom. The lowest BCUT2D eigenvalue weighted by Gasteiger charge is -2.09. The number of carbonyl (C=O) groups excluding carboxylic acids is 2. The maximum atomic E-state index is 14.0. The van der Waals surface area contributed by atoms with Crippen LogP contribution in [0.1, 0.15) is 17.3 Å². The number of benzene rings is 2. The summed E-state index contributed by atoms with van der Waals surface area (Å²) in [7, 11) is 1.36. The molecule has 6 heteroatoms. The van der Waals surface area contributed by atoms with E-state index in [0.717, 1.165) is 5.39 Å². The maximum Gasteiger partial charge on any atom is 0.379 e. The van der Waals surface area contributed by atoms with Crippen LogP contribution in [0.25, 0.3) is 22.0 Å². The van der Waals surface area contributed by atoms with E-state index in [1.165, 1.54) is 19.2 Å². The standard InChI is InChI=1S/C20H16FNO4/c1-3-26-20(24)18(23)14-9-10-17(22-19(14)25-2)13-8-7-12-5-4-6-16(21)15(12)11-13/h4-11H,3H2,1-2H3. The molecule has 132 valence electrons. The lowest BCUT2D eigenvalue weighted by molar-refractivity contribution is -0.137. The summed E-state index contributed by atoms with van der Waals surface area (Å²) in [4.78, 5) is 28.1. The number of carbonyl (C=O) groups is 2. The first-order chi connectivity index (χ1) is 12.5. The highest BCUT2D eigenvalue weighted by Crippen LogP contribution is 2.28. The largest absolute Gasteiger partial charge is 0.480 e. The second kappa shape index (κ2) is 7.31. The maximum absolute atomic E-state index is 14.0. The molecule has 3 rings (SSSR count). The van der Waals surface area contributed by atoms with E-state index < -0.39 is 11.8 Å². The lowest BCUT2D eigenvalue weighted by Crippen LogP contribution is -2.18. The first-order valence-corrected chi connectivity index (χ1v) is 8.00. The minimum absolute atomic E-state index is 0.00850. The number of hydrogen-bond donors (Lipinski definition) is 0. The fraction of sp³-hybridized carbons (Fsp3) is 0.150. The number of halogens is 1. The number of ketones is 1. The van der Waals surface area contributed by atoms with E-state index >= 15 is 0 Å². The van der Waals surface area contributed by atoms with Crippen LogP contribution < -0.4 is 4.74 Å². The Hall–Kier alpha value is -3.28. The SMILES string of the molecule is CCOC(=O)C(=O)c1ccc(-c2ccc3cccc(F)c3c2)nc1OC. The molecule has 0 saturated heterocycles. The van der Waals surface area contributed by atoms with Crippen molar-refractivity contribution in [3.8, 4) is 17.1 Å². The molecule has 1 aromatic heterocycles. The molecular formula is C20H16FNO4. The van der Waals surface area contributed by atoms with Crippen LogP contribution in [0.4, 0.5) is 4.39 Å². The average Bonchev–Trinajstić information content (AvgIpc) is 2.67. The highest BCUT2D eigenvalue weighted by Gasteiger charge is 2.23. The number of aromatic nitrogens is 1. The van der Waals surface area contributed by atoms with E-state index in [9.17, 15) is 14.0 Å². The third-order valence-electron chi connectivity index (χ3n) is 3.88. The summed E-state index contributed by atoms with van der Waals surface area (Å²) in [5.41, 5.74) is 1.17. The molecule has 0 N–H and O–H groups in total. The van der Waals surface area contributed by atoms with Crippen LogP contribution in [-0.2, 0) is 9.53 Å². The van der Waals surface area contributed by atoms with Gasteiger partial charge in [0.05, 0.1) is 25.0 Å². The van der Waals surface area contributed by atoms with Crippen LogP contribution >= 0.6 is 0 Å². The minimum atomic E-state index is -0.965. The summed E-state index contributed by atoms with van der Waals surface area (Å²) in [6, 6.07) is 13.2. The molecule has 0 fully saturated rings. The number of fused-ring (bicyclic) bond motifs is 1. The van der Waals surface area contributed by atoms with Crippen molar-refractivity contribution in [3.05, 3.63) is 59.9 Å².